The number of hydrogen-bond donors (Lipinski definition) is 1. The molecule has 0 bridgehead atoms. The van der Waals surface area contributed by atoms with Crippen LogP contribution in [0.4, 0.5) is 0 Å². The van der Waals surface area contributed by atoms with Gasteiger partial charge in [-0.3, -0.25) is 9.59 Å². The first-order valence-corrected chi connectivity index (χ1v) is 9.11. The molecule has 0 saturated carbocycles. The van der Waals surface area contributed by atoms with Gasteiger partial charge in [0.05, 0.1) is 6.04 Å². The first-order chi connectivity index (χ1) is 12.0. The van der Waals surface area contributed by atoms with E-state index in [2.05, 4.69) is 16.3 Å². The Kier molecular flexibility index (Phi) is 7.16. The predicted octanol–water partition coefficient (Wildman–Crippen LogP) is 3.14. The normalized spacial score (nSPS) is 12.0. The summed E-state index contributed by atoms with van der Waals surface area (Å²) in [7, 11) is 3.98. The van der Waals surface area contributed by atoms with Crippen molar-refractivity contribution in [3.63, 3.8) is 0 Å². The summed E-state index contributed by atoms with van der Waals surface area (Å²) in [6.07, 6.45) is 0.472. The summed E-state index contributed by atoms with van der Waals surface area (Å²) >= 11 is 1.67. The number of thiophene rings is 1. The molecule has 1 N–H and O–H groups in total. The van der Waals surface area contributed by atoms with E-state index in [9.17, 15) is 9.59 Å². The smallest absolute Gasteiger partial charge is 0.258 e. The van der Waals surface area contributed by atoms with Crippen molar-refractivity contribution < 1.29 is 14.3 Å². The minimum Gasteiger partial charge on any atom is -0.484 e. The van der Waals surface area contributed by atoms with Crippen molar-refractivity contribution in [2.24, 2.45) is 0 Å². The van der Waals surface area contributed by atoms with Gasteiger partial charge in [0.25, 0.3) is 5.91 Å². The molecule has 1 atom stereocenters. The van der Waals surface area contributed by atoms with Gasteiger partial charge in [0.2, 0.25) is 0 Å². The molecular formula is C19H24N2O3S. The number of ketones is 1. The van der Waals surface area contributed by atoms with Crippen molar-refractivity contribution in [1.29, 1.82) is 0 Å². The Morgan fingerprint density at radius 3 is 2.48 bits per heavy atom. The third kappa shape index (κ3) is 5.69. The molecule has 1 aromatic heterocycles. The van der Waals surface area contributed by atoms with Crippen LogP contribution in [0.2, 0.25) is 0 Å². The van der Waals surface area contributed by atoms with Gasteiger partial charge in [-0.1, -0.05) is 13.0 Å². The van der Waals surface area contributed by atoms with Crippen LogP contribution in [0.15, 0.2) is 41.8 Å². The number of amides is 1. The minimum atomic E-state index is -0.169. The largest absolute Gasteiger partial charge is 0.484 e. The van der Waals surface area contributed by atoms with Gasteiger partial charge >= 0.3 is 0 Å². The van der Waals surface area contributed by atoms with Gasteiger partial charge in [-0.25, -0.2) is 0 Å². The number of nitrogens with zero attached hydrogens (tertiary/aromatic N) is 1. The number of likely N-dealkylation sites (N-methyl/N-ethyl adjacent to an activating group) is 1. The summed E-state index contributed by atoms with van der Waals surface area (Å²) in [5, 5.41) is 4.94. The third-order valence-corrected chi connectivity index (χ3v) is 4.83. The van der Waals surface area contributed by atoms with E-state index in [1.807, 2.05) is 32.5 Å². The minimum absolute atomic E-state index is 0.0499. The Bertz CT molecular complexity index is 681. The lowest BCUT2D eigenvalue weighted by Crippen LogP contribution is -2.36. The van der Waals surface area contributed by atoms with E-state index in [4.69, 9.17) is 4.74 Å². The second kappa shape index (κ2) is 9.34. The fourth-order valence-electron chi connectivity index (χ4n) is 2.37. The Labute approximate surface area is 152 Å². The highest BCUT2D eigenvalue weighted by Gasteiger charge is 2.16. The highest BCUT2D eigenvalue weighted by molar-refractivity contribution is 7.10. The molecular weight excluding hydrogens is 336 g/mol. The second-order valence-corrected chi connectivity index (χ2v) is 6.87. The molecule has 1 aromatic carbocycles. The highest BCUT2D eigenvalue weighted by atomic mass is 32.1. The highest BCUT2D eigenvalue weighted by Crippen LogP contribution is 2.22. The second-order valence-electron chi connectivity index (χ2n) is 5.89. The lowest BCUT2D eigenvalue weighted by Gasteiger charge is -2.23. The number of ether oxygens (including phenoxy) is 1. The Morgan fingerprint density at radius 1 is 1.20 bits per heavy atom. The maximum atomic E-state index is 12.0. The van der Waals surface area contributed by atoms with Gasteiger partial charge in [-0.05, 0) is 49.8 Å². The summed E-state index contributed by atoms with van der Waals surface area (Å²) in [6, 6.07) is 11.1. The molecule has 6 heteroatoms. The number of nitrogens with one attached hydrogen (secondary N) is 1. The SMILES string of the molecule is CCC(=O)c1ccc(OCC(=O)NC[C@H](c2cccs2)N(C)C)cc1. The standard InChI is InChI=1S/C19H24N2O3S/c1-4-17(22)14-7-9-15(10-8-14)24-13-19(23)20-12-16(21(2)3)18-6-5-11-25-18/h5-11,16H,4,12-13H2,1-3H3,(H,20,23)/t16-/m1/s1. The molecule has 0 fully saturated rings. The molecule has 2 rings (SSSR count). The summed E-state index contributed by atoms with van der Waals surface area (Å²) in [5.41, 5.74) is 0.657. The summed E-state index contributed by atoms with van der Waals surface area (Å²) in [6.45, 7) is 2.31. The van der Waals surface area contributed by atoms with Crippen LogP contribution in [0, 0.1) is 0 Å². The van der Waals surface area contributed by atoms with E-state index < -0.39 is 0 Å². The van der Waals surface area contributed by atoms with Crippen LogP contribution < -0.4 is 10.1 Å². The first-order valence-electron chi connectivity index (χ1n) is 8.23. The zero-order valence-electron chi connectivity index (χ0n) is 14.8. The molecule has 0 aliphatic rings. The van der Waals surface area contributed by atoms with Gasteiger partial charge in [0.15, 0.2) is 12.4 Å². The molecule has 1 heterocycles. The maximum Gasteiger partial charge on any atom is 0.258 e. The van der Waals surface area contributed by atoms with E-state index in [1.54, 1.807) is 35.6 Å². The number of hydrogen-bond acceptors (Lipinski definition) is 5. The molecule has 0 saturated heterocycles. The lowest BCUT2D eigenvalue weighted by molar-refractivity contribution is -0.123. The lowest BCUT2D eigenvalue weighted by atomic mass is 10.1. The molecule has 0 aliphatic carbocycles. The Balaban J connectivity index is 1.81. The fourth-order valence-corrected chi connectivity index (χ4v) is 3.29. The van der Waals surface area contributed by atoms with Gasteiger partial charge in [-0.15, -0.1) is 11.3 Å². The monoisotopic (exact) mass is 360 g/mol. The number of Topliss-reactive ketones (excluding diaryl/α,β-unsaturated/α-hetero) is 1. The number of rotatable bonds is 9. The van der Waals surface area contributed by atoms with Crippen molar-refractivity contribution in [2.75, 3.05) is 27.2 Å². The number of carbonyl (C=O) groups is 2. The average molecular weight is 360 g/mol. The summed E-state index contributed by atoms with van der Waals surface area (Å²) in [4.78, 5) is 26.9. The summed E-state index contributed by atoms with van der Waals surface area (Å²) in [5.74, 6) is 0.495. The Hall–Kier alpha value is -2.18. The van der Waals surface area contributed by atoms with Crippen molar-refractivity contribution in [3.05, 3.63) is 52.2 Å². The Morgan fingerprint density at radius 2 is 1.92 bits per heavy atom. The average Bonchev–Trinajstić information content (AvgIpc) is 3.14. The van der Waals surface area contributed by atoms with Crippen LogP contribution >= 0.6 is 11.3 Å². The van der Waals surface area contributed by atoms with E-state index >= 15 is 0 Å². The molecule has 0 radical (unpaired) electrons. The quantitative estimate of drug-likeness (QED) is 0.698. The zero-order valence-corrected chi connectivity index (χ0v) is 15.6. The van der Waals surface area contributed by atoms with Crippen LogP contribution in [0.1, 0.15) is 34.6 Å². The molecule has 0 aliphatic heterocycles. The van der Waals surface area contributed by atoms with Crippen molar-refractivity contribution in [2.45, 2.75) is 19.4 Å². The molecule has 25 heavy (non-hydrogen) atoms. The number of carbonyl (C=O) groups excluding carboxylic acids is 2. The van der Waals surface area contributed by atoms with Gasteiger partial charge < -0.3 is 15.0 Å². The van der Waals surface area contributed by atoms with Crippen LogP contribution in [0.3, 0.4) is 0 Å². The molecule has 2 aromatic rings. The summed E-state index contributed by atoms with van der Waals surface area (Å²) < 4.78 is 5.49. The molecule has 0 unspecified atom stereocenters. The van der Waals surface area contributed by atoms with Crippen LogP contribution in [-0.2, 0) is 4.79 Å². The van der Waals surface area contributed by atoms with Crippen molar-refractivity contribution in [1.82, 2.24) is 10.2 Å². The zero-order chi connectivity index (χ0) is 18.2. The van der Waals surface area contributed by atoms with Gasteiger partial charge in [0.1, 0.15) is 5.75 Å². The molecule has 5 nitrogen and oxygen atoms in total. The topological polar surface area (TPSA) is 58.6 Å². The number of benzene rings is 1. The molecule has 1 amide bonds. The molecule has 0 spiro atoms. The van der Waals surface area contributed by atoms with Crippen LogP contribution in [-0.4, -0.2) is 43.8 Å². The third-order valence-electron chi connectivity index (χ3n) is 3.85. The van der Waals surface area contributed by atoms with E-state index in [-0.39, 0.29) is 24.3 Å². The van der Waals surface area contributed by atoms with Gasteiger partial charge in [0, 0.05) is 23.4 Å². The first kappa shape index (κ1) is 19.1. The van der Waals surface area contributed by atoms with Gasteiger partial charge in [-0.2, -0.15) is 0 Å². The van der Waals surface area contributed by atoms with E-state index in [0.717, 1.165) is 0 Å². The fraction of sp³-hybridized carbons (Fsp3) is 0.368. The van der Waals surface area contributed by atoms with Crippen LogP contribution in [0.5, 0.6) is 5.75 Å². The predicted molar refractivity (Wildman–Crippen MR) is 100 cm³/mol. The van der Waals surface area contributed by atoms with Crippen molar-refractivity contribution >= 4 is 23.0 Å². The van der Waals surface area contributed by atoms with Crippen molar-refractivity contribution in [3.8, 4) is 5.75 Å². The molecule has 134 valence electrons. The van der Waals surface area contributed by atoms with E-state index in [1.165, 1.54) is 4.88 Å². The maximum absolute atomic E-state index is 12.0. The van der Waals surface area contributed by atoms with Crippen LogP contribution in [0.25, 0.3) is 0 Å². The van der Waals surface area contributed by atoms with E-state index in [0.29, 0.717) is 24.3 Å².